The molecule has 3 fully saturated rings. The summed E-state index contributed by atoms with van der Waals surface area (Å²) in [5.41, 5.74) is 1.51. The zero-order valence-electron chi connectivity index (χ0n) is 15.1. The molecule has 2 heteroatoms. The molecule has 0 aliphatic heterocycles. The van der Waals surface area contributed by atoms with Gasteiger partial charge in [0.1, 0.15) is 5.78 Å². The number of hydrogen-bond acceptors (Lipinski definition) is 2. The lowest BCUT2D eigenvalue weighted by Crippen LogP contribution is -2.53. The third-order valence-corrected chi connectivity index (χ3v) is 8.32. The Morgan fingerprint density at radius 3 is 2.62 bits per heavy atom. The standard InChI is InChI=1S/C22H30O2/c1-4-5-14-12-15-13-16(23)8-10-21(15,2)18-9-11-22(3)17(20(14)18)6-7-19(22)24/h4,13-14,17-18,20H,1,5-12H2,2-3H3/t14?,17-,18+,20-,21-,22-/m0/s1. The van der Waals surface area contributed by atoms with Crippen LogP contribution in [0.1, 0.15) is 65.2 Å². The maximum Gasteiger partial charge on any atom is 0.155 e. The molecule has 0 bridgehead atoms. The molecule has 130 valence electrons. The molecular formula is C22H30O2. The smallest absolute Gasteiger partial charge is 0.155 e. The van der Waals surface area contributed by atoms with Gasteiger partial charge in [-0.15, -0.1) is 6.58 Å². The minimum absolute atomic E-state index is 0.0807. The lowest BCUT2D eigenvalue weighted by molar-refractivity contribution is -0.135. The highest BCUT2D eigenvalue weighted by molar-refractivity contribution is 5.91. The lowest BCUT2D eigenvalue weighted by Gasteiger charge is -2.59. The van der Waals surface area contributed by atoms with E-state index in [4.69, 9.17) is 0 Å². The van der Waals surface area contributed by atoms with Crippen molar-refractivity contribution in [3.05, 3.63) is 24.3 Å². The molecule has 4 aliphatic carbocycles. The maximum absolute atomic E-state index is 12.6. The fraction of sp³-hybridized carbons (Fsp3) is 0.727. The highest BCUT2D eigenvalue weighted by atomic mass is 16.1. The Bertz CT molecular complexity index is 630. The van der Waals surface area contributed by atoms with Crippen LogP contribution in [0.2, 0.25) is 0 Å². The maximum atomic E-state index is 12.6. The third kappa shape index (κ3) is 2.07. The molecule has 6 atom stereocenters. The van der Waals surface area contributed by atoms with E-state index in [9.17, 15) is 9.59 Å². The molecule has 0 aromatic heterocycles. The van der Waals surface area contributed by atoms with Gasteiger partial charge >= 0.3 is 0 Å². The van der Waals surface area contributed by atoms with Crippen molar-refractivity contribution in [3.8, 4) is 0 Å². The molecular weight excluding hydrogens is 296 g/mol. The number of fused-ring (bicyclic) bond motifs is 5. The van der Waals surface area contributed by atoms with E-state index in [0.717, 1.165) is 44.9 Å². The van der Waals surface area contributed by atoms with E-state index >= 15 is 0 Å². The number of carbonyl (C=O) groups is 2. The quantitative estimate of drug-likeness (QED) is 0.677. The molecule has 4 rings (SSSR count). The first-order valence-corrected chi connectivity index (χ1v) is 9.78. The summed E-state index contributed by atoms with van der Waals surface area (Å²) in [6.45, 7) is 8.64. The fourth-order valence-corrected chi connectivity index (χ4v) is 6.93. The van der Waals surface area contributed by atoms with Crippen molar-refractivity contribution in [2.75, 3.05) is 0 Å². The zero-order chi connectivity index (χ0) is 17.1. The highest BCUT2D eigenvalue weighted by Crippen LogP contribution is 2.66. The number of rotatable bonds is 2. The second kappa shape index (κ2) is 5.41. The van der Waals surface area contributed by atoms with Gasteiger partial charge < -0.3 is 0 Å². The molecule has 0 amide bonds. The Morgan fingerprint density at radius 2 is 1.88 bits per heavy atom. The van der Waals surface area contributed by atoms with E-state index < -0.39 is 0 Å². The van der Waals surface area contributed by atoms with Crippen LogP contribution in [0.3, 0.4) is 0 Å². The Morgan fingerprint density at radius 1 is 1.12 bits per heavy atom. The molecule has 0 N–H and O–H groups in total. The second-order valence-electron chi connectivity index (χ2n) is 9.25. The van der Waals surface area contributed by atoms with Gasteiger partial charge in [0.2, 0.25) is 0 Å². The van der Waals surface area contributed by atoms with Gasteiger partial charge in [-0.05, 0) is 73.7 Å². The molecule has 0 aromatic rings. The molecule has 0 spiro atoms. The summed E-state index contributed by atoms with van der Waals surface area (Å²) in [7, 11) is 0. The van der Waals surface area contributed by atoms with E-state index in [1.165, 1.54) is 5.57 Å². The van der Waals surface area contributed by atoms with E-state index in [-0.39, 0.29) is 10.8 Å². The van der Waals surface area contributed by atoms with Gasteiger partial charge in [0.05, 0.1) is 0 Å². The van der Waals surface area contributed by atoms with Crippen LogP contribution < -0.4 is 0 Å². The predicted molar refractivity (Wildman–Crippen MR) is 95.4 cm³/mol. The largest absolute Gasteiger partial charge is 0.299 e. The van der Waals surface area contributed by atoms with Crippen LogP contribution in [0.4, 0.5) is 0 Å². The number of ketones is 2. The number of Topliss-reactive ketones (excluding diaryl/α,β-unsaturated/α-hetero) is 1. The van der Waals surface area contributed by atoms with Crippen LogP contribution in [-0.2, 0) is 9.59 Å². The second-order valence-corrected chi connectivity index (χ2v) is 9.25. The van der Waals surface area contributed by atoms with Crippen molar-refractivity contribution in [1.82, 2.24) is 0 Å². The van der Waals surface area contributed by atoms with Crippen molar-refractivity contribution in [2.45, 2.75) is 65.2 Å². The fourth-order valence-electron chi connectivity index (χ4n) is 6.93. The van der Waals surface area contributed by atoms with Crippen LogP contribution in [-0.4, -0.2) is 11.6 Å². The molecule has 0 heterocycles. The monoisotopic (exact) mass is 326 g/mol. The van der Waals surface area contributed by atoms with Crippen molar-refractivity contribution in [3.63, 3.8) is 0 Å². The van der Waals surface area contributed by atoms with Crippen LogP contribution in [0.25, 0.3) is 0 Å². The van der Waals surface area contributed by atoms with Gasteiger partial charge in [-0.1, -0.05) is 25.5 Å². The van der Waals surface area contributed by atoms with Crippen molar-refractivity contribution in [1.29, 1.82) is 0 Å². The first kappa shape index (κ1) is 16.3. The SMILES string of the molecule is C=CCC1CC2=CC(=O)CC[C@]2(C)[C@@H]2CC[C@]3(C)C(=O)CC[C@H]3[C@H]12. The number of allylic oxidation sites excluding steroid dienone is 2. The predicted octanol–water partition coefficient (Wildman–Crippen LogP) is 4.89. The molecule has 3 saturated carbocycles. The summed E-state index contributed by atoms with van der Waals surface area (Å²) >= 11 is 0. The topological polar surface area (TPSA) is 34.1 Å². The summed E-state index contributed by atoms with van der Waals surface area (Å²) < 4.78 is 0. The van der Waals surface area contributed by atoms with E-state index in [0.29, 0.717) is 41.7 Å². The summed E-state index contributed by atoms with van der Waals surface area (Å²) in [6, 6.07) is 0. The van der Waals surface area contributed by atoms with Crippen molar-refractivity contribution >= 4 is 11.6 Å². The average Bonchev–Trinajstić information content (AvgIpc) is 2.85. The minimum atomic E-state index is -0.0807. The first-order valence-electron chi connectivity index (χ1n) is 9.78. The average molecular weight is 326 g/mol. The first-order chi connectivity index (χ1) is 11.4. The Hall–Kier alpha value is -1.18. The van der Waals surface area contributed by atoms with Crippen LogP contribution in [0, 0.1) is 34.5 Å². The minimum Gasteiger partial charge on any atom is -0.299 e. The molecule has 1 unspecified atom stereocenters. The van der Waals surface area contributed by atoms with E-state index in [1.54, 1.807) is 0 Å². The molecule has 4 aliphatic rings. The van der Waals surface area contributed by atoms with Gasteiger partial charge in [-0.2, -0.15) is 0 Å². The number of hydrogen-bond donors (Lipinski definition) is 0. The van der Waals surface area contributed by atoms with Crippen LogP contribution in [0.15, 0.2) is 24.3 Å². The van der Waals surface area contributed by atoms with Crippen LogP contribution >= 0.6 is 0 Å². The van der Waals surface area contributed by atoms with Crippen LogP contribution in [0.5, 0.6) is 0 Å². The van der Waals surface area contributed by atoms with Gasteiger partial charge in [0, 0.05) is 18.3 Å². The Balaban J connectivity index is 1.77. The normalized spacial score (nSPS) is 47.5. The molecule has 2 nitrogen and oxygen atoms in total. The summed E-state index contributed by atoms with van der Waals surface area (Å²) in [4.78, 5) is 24.6. The molecule has 24 heavy (non-hydrogen) atoms. The third-order valence-electron chi connectivity index (χ3n) is 8.32. The zero-order valence-corrected chi connectivity index (χ0v) is 15.1. The van der Waals surface area contributed by atoms with Gasteiger partial charge in [-0.25, -0.2) is 0 Å². The van der Waals surface area contributed by atoms with Crippen molar-refractivity contribution in [2.24, 2.45) is 34.5 Å². The van der Waals surface area contributed by atoms with E-state index in [1.807, 2.05) is 6.08 Å². The van der Waals surface area contributed by atoms with Crippen molar-refractivity contribution < 1.29 is 9.59 Å². The van der Waals surface area contributed by atoms with Gasteiger partial charge in [0.15, 0.2) is 5.78 Å². The Kier molecular flexibility index (Phi) is 3.67. The summed E-state index contributed by atoms with van der Waals surface area (Å²) in [6.07, 6.45) is 11.9. The lowest BCUT2D eigenvalue weighted by atomic mass is 9.45. The summed E-state index contributed by atoms with van der Waals surface area (Å²) in [5, 5.41) is 0. The highest BCUT2D eigenvalue weighted by Gasteiger charge is 2.60. The molecule has 0 saturated heterocycles. The Labute approximate surface area is 145 Å². The molecule has 0 aromatic carbocycles. The summed E-state index contributed by atoms with van der Waals surface area (Å²) in [5.74, 6) is 3.20. The van der Waals surface area contributed by atoms with Gasteiger partial charge in [0.25, 0.3) is 0 Å². The van der Waals surface area contributed by atoms with E-state index in [2.05, 4.69) is 26.5 Å². The van der Waals surface area contributed by atoms with Gasteiger partial charge in [-0.3, -0.25) is 9.59 Å². The molecule has 0 radical (unpaired) electrons. The number of carbonyl (C=O) groups excluding carboxylic acids is 2.